The van der Waals surface area contributed by atoms with Crippen LogP contribution in [0.1, 0.15) is 55.5 Å². The molecule has 0 aliphatic rings. The van der Waals surface area contributed by atoms with Crippen LogP contribution in [0.2, 0.25) is 0 Å². The number of aryl methyl sites for hydroxylation is 2. The molecule has 0 saturated heterocycles. The molecular formula is C13H22S. The van der Waals surface area contributed by atoms with Crippen molar-refractivity contribution >= 4 is 11.3 Å². The van der Waals surface area contributed by atoms with Crippen LogP contribution in [0.5, 0.6) is 0 Å². The molecule has 0 bridgehead atoms. The van der Waals surface area contributed by atoms with E-state index in [1.807, 2.05) is 11.3 Å². The van der Waals surface area contributed by atoms with E-state index in [0.29, 0.717) is 5.41 Å². The van der Waals surface area contributed by atoms with E-state index in [4.69, 9.17) is 0 Å². The molecule has 0 amide bonds. The Hall–Kier alpha value is -0.300. The summed E-state index contributed by atoms with van der Waals surface area (Å²) in [6, 6.07) is 0. The second-order valence-electron chi connectivity index (χ2n) is 4.89. The lowest BCUT2D eigenvalue weighted by Crippen LogP contribution is -2.14. The first-order chi connectivity index (χ1) is 6.41. The summed E-state index contributed by atoms with van der Waals surface area (Å²) in [7, 11) is 0. The molecule has 0 aromatic carbocycles. The highest BCUT2D eigenvalue weighted by Crippen LogP contribution is 2.37. The lowest BCUT2D eigenvalue weighted by atomic mass is 9.83. The van der Waals surface area contributed by atoms with Gasteiger partial charge in [0.05, 0.1) is 0 Å². The first kappa shape index (κ1) is 11.8. The predicted molar refractivity (Wildman–Crippen MR) is 66.5 cm³/mol. The Bertz CT molecular complexity index is 313. The van der Waals surface area contributed by atoms with E-state index in [0.717, 1.165) is 0 Å². The van der Waals surface area contributed by atoms with Crippen LogP contribution in [0.15, 0.2) is 0 Å². The van der Waals surface area contributed by atoms with Crippen molar-refractivity contribution in [1.29, 1.82) is 0 Å². The molecule has 1 aromatic heterocycles. The third-order valence-electron chi connectivity index (χ3n) is 2.71. The van der Waals surface area contributed by atoms with E-state index in [1.54, 1.807) is 16.0 Å². The van der Waals surface area contributed by atoms with Crippen molar-refractivity contribution in [2.24, 2.45) is 0 Å². The number of thiophene rings is 1. The van der Waals surface area contributed by atoms with Crippen molar-refractivity contribution in [2.45, 2.75) is 59.8 Å². The highest BCUT2D eigenvalue weighted by Gasteiger charge is 2.23. The number of hydrogen-bond donors (Lipinski definition) is 0. The second kappa shape index (κ2) is 4.06. The molecule has 14 heavy (non-hydrogen) atoms. The van der Waals surface area contributed by atoms with Crippen molar-refractivity contribution in [3.05, 3.63) is 20.9 Å². The predicted octanol–water partition coefficient (Wildman–Crippen LogP) is 4.48. The first-order valence-corrected chi connectivity index (χ1v) is 6.35. The number of hydrogen-bond acceptors (Lipinski definition) is 1. The van der Waals surface area contributed by atoms with Crippen LogP contribution in [0, 0.1) is 6.92 Å². The third-order valence-corrected chi connectivity index (χ3v) is 4.00. The monoisotopic (exact) mass is 210 g/mol. The zero-order valence-electron chi connectivity index (χ0n) is 10.3. The van der Waals surface area contributed by atoms with Crippen molar-refractivity contribution in [3.63, 3.8) is 0 Å². The summed E-state index contributed by atoms with van der Waals surface area (Å²) < 4.78 is 0. The maximum Gasteiger partial charge on any atom is 0.00855 e. The van der Waals surface area contributed by atoms with Crippen LogP contribution in [0.25, 0.3) is 0 Å². The molecule has 0 aliphatic heterocycles. The fourth-order valence-electron chi connectivity index (χ4n) is 2.19. The van der Waals surface area contributed by atoms with Gasteiger partial charge in [0.2, 0.25) is 0 Å². The lowest BCUT2D eigenvalue weighted by molar-refractivity contribution is 0.580. The molecule has 0 atom stereocenters. The van der Waals surface area contributed by atoms with Gasteiger partial charge in [-0.05, 0) is 36.3 Å². The highest BCUT2D eigenvalue weighted by molar-refractivity contribution is 7.12. The standard InChI is InChI=1S/C13H22S/c1-7-10-9(3)14-11(8-2)12(10)13(4,5)6/h7-8H2,1-6H3. The van der Waals surface area contributed by atoms with E-state index >= 15 is 0 Å². The van der Waals surface area contributed by atoms with E-state index in [1.165, 1.54) is 17.7 Å². The molecule has 0 radical (unpaired) electrons. The molecule has 1 aromatic rings. The Balaban J connectivity index is 3.36. The molecule has 0 aliphatic carbocycles. The quantitative estimate of drug-likeness (QED) is 0.675. The van der Waals surface area contributed by atoms with Gasteiger partial charge in [-0.15, -0.1) is 11.3 Å². The molecule has 0 unspecified atom stereocenters. The SMILES string of the molecule is CCc1sc(C)c(CC)c1C(C)(C)C. The number of rotatable bonds is 2. The Morgan fingerprint density at radius 2 is 1.64 bits per heavy atom. The van der Waals surface area contributed by atoms with Crippen molar-refractivity contribution in [1.82, 2.24) is 0 Å². The average molecular weight is 210 g/mol. The fourth-order valence-corrected chi connectivity index (χ4v) is 3.60. The molecule has 0 nitrogen and oxygen atoms in total. The molecule has 80 valence electrons. The fraction of sp³-hybridized carbons (Fsp3) is 0.692. The van der Waals surface area contributed by atoms with Crippen molar-refractivity contribution in [3.8, 4) is 0 Å². The van der Waals surface area contributed by atoms with Crippen LogP contribution in [0.3, 0.4) is 0 Å². The molecule has 1 heteroatoms. The summed E-state index contributed by atoms with van der Waals surface area (Å²) in [5, 5.41) is 0. The third kappa shape index (κ3) is 2.03. The van der Waals surface area contributed by atoms with Crippen LogP contribution >= 0.6 is 11.3 Å². The van der Waals surface area contributed by atoms with Gasteiger partial charge in [-0.25, -0.2) is 0 Å². The molecular weight excluding hydrogens is 188 g/mol. The molecule has 0 saturated carbocycles. The molecule has 0 N–H and O–H groups in total. The summed E-state index contributed by atoms with van der Waals surface area (Å²) in [5.74, 6) is 0. The van der Waals surface area contributed by atoms with Gasteiger partial charge >= 0.3 is 0 Å². The molecule has 1 rings (SSSR count). The van der Waals surface area contributed by atoms with Gasteiger partial charge in [0.1, 0.15) is 0 Å². The summed E-state index contributed by atoms with van der Waals surface area (Å²) in [6.07, 6.45) is 2.35. The van der Waals surface area contributed by atoms with Gasteiger partial charge in [-0.3, -0.25) is 0 Å². The van der Waals surface area contributed by atoms with Gasteiger partial charge in [0.15, 0.2) is 0 Å². The zero-order valence-corrected chi connectivity index (χ0v) is 11.1. The minimum Gasteiger partial charge on any atom is -0.145 e. The van der Waals surface area contributed by atoms with E-state index in [-0.39, 0.29) is 0 Å². The first-order valence-electron chi connectivity index (χ1n) is 5.53. The maximum absolute atomic E-state index is 2.33. The van der Waals surface area contributed by atoms with Gasteiger partial charge in [0, 0.05) is 9.75 Å². The van der Waals surface area contributed by atoms with Crippen LogP contribution in [-0.2, 0) is 18.3 Å². The Morgan fingerprint density at radius 3 is 2.00 bits per heavy atom. The van der Waals surface area contributed by atoms with Crippen LogP contribution in [-0.4, -0.2) is 0 Å². The largest absolute Gasteiger partial charge is 0.145 e. The summed E-state index contributed by atoms with van der Waals surface area (Å²) >= 11 is 1.99. The lowest BCUT2D eigenvalue weighted by Gasteiger charge is -2.22. The zero-order chi connectivity index (χ0) is 10.9. The van der Waals surface area contributed by atoms with Crippen LogP contribution in [0.4, 0.5) is 0 Å². The second-order valence-corrected chi connectivity index (χ2v) is 6.20. The molecule has 1 heterocycles. The Morgan fingerprint density at radius 1 is 1.07 bits per heavy atom. The average Bonchev–Trinajstić information content (AvgIpc) is 2.40. The Labute approximate surface area is 92.4 Å². The minimum atomic E-state index is 0.307. The van der Waals surface area contributed by atoms with Gasteiger partial charge < -0.3 is 0 Å². The van der Waals surface area contributed by atoms with Gasteiger partial charge in [0.25, 0.3) is 0 Å². The summed E-state index contributed by atoms with van der Waals surface area (Å²) in [6.45, 7) is 13.8. The molecule has 0 spiro atoms. The highest BCUT2D eigenvalue weighted by atomic mass is 32.1. The van der Waals surface area contributed by atoms with E-state index in [2.05, 4.69) is 41.5 Å². The van der Waals surface area contributed by atoms with Crippen LogP contribution < -0.4 is 0 Å². The topological polar surface area (TPSA) is 0 Å². The van der Waals surface area contributed by atoms with Gasteiger partial charge in [-0.2, -0.15) is 0 Å². The maximum atomic E-state index is 2.33. The van der Waals surface area contributed by atoms with E-state index in [9.17, 15) is 0 Å². The van der Waals surface area contributed by atoms with Crippen molar-refractivity contribution in [2.75, 3.05) is 0 Å². The summed E-state index contributed by atoms with van der Waals surface area (Å²) in [4.78, 5) is 3.11. The smallest absolute Gasteiger partial charge is 0.00855 e. The summed E-state index contributed by atoms with van der Waals surface area (Å²) in [5.41, 5.74) is 3.52. The Kier molecular flexibility index (Phi) is 3.41. The molecule has 0 fully saturated rings. The van der Waals surface area contributed by atoms with E-state index < -0.39 is 0 Å². The normalized spacial score (nSPS) is 12.1. The van der Waals surface area contributed by atoms with Gasteiger partial charge in [-0.1, -0.05) is 34.6 Å². The minimum absolute atomic E-state index is 0.307. The van der Waals surface area contributed by atoms with Crippen molar-refractivity contribution < 1.29 is 0 Å².